The molecule has 9 fully saturated rings. The molecule has 0 aromatic heterocycles. The molecule has 0 aromatic rings. The predicted molar refractivity (Wildman–Crippen MR) is 162 cm³/mol. The summed E-state index contributed by atoms with van der Waals surface area (Å²) in [6.45, 7) is 0. The first-order valence-electron chi connectivity index (χ1n) is 18.4. The minimum atomic E-state index is 1.25. The van der Waals surface area contributed by atoms with Crippen molar-refractivity contribution in [2.24, 2.45) is 47.3 Å². The van der Waals surface area contributed by atoms with Gasteiger partial charge in [0.1, 0.15) is 0 Å². The van der Waals surface area contributed by atoms with Crippen molar-refractivity contribution in [3.63, 3.8) is 0 Å². The number of hydrogen-bond donors (Lipinski definition) is 0. The summed E-state index contributed by atoms with van der Waals surface area (Å²) in [4.78, 5) is 0. The second-order valence-electron chi connectivity index (χ2n) is 15.0. The first-order valence-corrected chi connectivity index (χ1v) is 18.4. The Morgan fingerprint density at radius 2 is 0.297 bits per heavy atom. The molecule has 8 atom stereocenters. The van der Waals surface area contributed by atoms with Gasteiger partial charge in [0.25, 0.3) is 0 Å². The van der Waals surface area contributed by atoms with Gasteiger partial charge < -0.3 is 0 Å². The summed E-state index contributed by atoms with van der Waals surface area (Å²) in [5, 5.41) is 0. The second-order valence-corrected chi connectivity index (χ2v) is 15.0. The summed E-state index contributed by atoms with van der Waals surface area (Å²) in [6.07, 6.45) is 44.0. The van der Waals surface area contributed by atoms with E-state index in [-0.39, 0.29) is 0 Å². The lowest BCUT2D eigenvalue weighted by Crippen LogP contribution is -2.40. The van der Waals surface area contributed by atoms with Crippen LogP contribution in [-0.4, -0.2) is 0 Å². The Morgan fingerprint density at radius 1 is 0.162 bits per heavy atom. The zero-order valence-electron chi connectivity index (χ0n) is 25.1. The lowest BCUT2D eigenvalue weighted by Gasteiger charge is -2.45. The maximum Gasteiger partial charge on any atom is -0.0318 e. The van der Waals surface area contributed by atoms with Gasteiger partial charge in [-0.15, -0.1) is 0 Å². The third-order valence-electron chi connectivity index (χ3n) is 12.8. The van der Waals surface area contributed by atoms with E-state index in [0.717, 1.165) is 0 Å². The van der Waals surface area contributed by atoms with Gasteiger partial charge in [0.05, 0.1) is 0 Å². The molecule has 0 radical (unpaired) electrons. The summed E-state index contributed by atoms with van der Waals surface area (Å²) in [6, 6.07) is 0. The third kappa shape index (κ3) is 7.60. The highest BCUT2D eigenvalue weighted by molar-refractivity contribution is 5.25. The Labute approximate surface area is 233 Å². The molecule has 0 nitrogen and oxygen atoms in total. The maximum atomic E-state index is 1.68. The Bertz CT molecular complexity index is 481. The van der Waals surface area contributed by atoms with Crippen LogP contribution in [0.4, 0.5) is 0 Å². The van der Waals surface area contributed by atoms with Gasteiger partial charge in [-0.1, -0.05) is 167 Å². The molecular formula is C37H66. The monoisotopic (exact) mass is 511 g/mol. The van der Waals surface area contributed by atoms with Crippen LogP contribution in [0, 0.1) is 47.3 Å². The second kappa shape index (κ2) is 15.7. The molecule has 9 aliphatic carbocycles. The normalized spacial score (nSPS) is 42.2. The van der Waals surface area contributed by atoms with Gasteiger partial charge >= 0.3 is 0 Å². The van der Waals surface area contributed by atoms with E-state index >= 15 is 0 Å². The number of rotatable bonds is 0. The number of hydrogen-bond acceptors (Lipinski definition) is 0. The fraction of sp³-hybridized carbons (Fsp3) is 1.00. The molecule has 8 unspecified atom stereocenters. The maximum absolute atomic E-state index is 1.68. The van der Waals surface area contributed by atoms with Crippen LogP contribution in [0.2, 0.25) is 0 Å². The van der Waals surface area contributed by atoms with E-state index in [1.807, 2.05) is 0 Å². The van der Waals surface area contributed by atoms with Crippen molar-refractivity contribution in [3.05, 3.63) is 0 Å². The molecule has 0 heteroatoms. The van der Waals surface area contributed by atoms with Crippen molar-refractivity contribution in [2.45, 2.75) is 186 Å². The fourth-order valence-electron chi connectivity index (χ4n) is 11.0. The Morgan fingerprint density at radius 3 is 0.486 bits per heavy atom. The Kier molecular flexibility index (Phi) is 12.1. The van der Waals surface area contributed by atoms with Crippen LogP contribution in [0.1, 0.15) is 186 Å². The summed E-state index contributed by atoms with van der Waals surface area (Å²) >= 11 is 0. The Balaban J connectivity index is 0.0000000981. The molecule has 9 aliphatic rings. The molecule has 0 amide bonds. The zero-order valence-corrected chi connectivity index (χ0v) is 25.1. The van der Waals surface area contributed by atoms with Gasteiger partial charge in [-0.05, 0) is 66.6 Å². The molecule has 214 valence electrons. The van der Waals surface area contributed by atoms with E-state index < -0.39 is 0 Å². The molecule has 0 N–H and O–H groups in total. The molecule has 9 saturated carbocycles. The van der Waals surface area contributed by atoms with Crippen molar-refractivity contribution >= 4 is 0 Å². The van der Waals surface area contributed by atoms with Crippen LogP contribution in [0.25, 0.3) is 0 Å². The molecule has 37 heavy (non-hydrogen) atoms. The summed E-state index contributed by atoms with van der Waals surface area (Å²) in [7, 11) is 0. The first kappa shape index (κ1) is 28.5. The molecule has 9 rings (SSSR count). The van der Waals surface area contributed by atoms with E-state index in [2.05, 4.69) is 0 Å². The van der Waals surface area contributed by atoms with Crippen LogP contribution in [0.15, 0.2) is 0 Å². The van der Waals surface area contributed by atoms with Gasteiger partial charge in [-0.25, -0.2) is 0 Å². The van der Waals surface area contributed by atoms with Crippen molar-refractivity contribution in [3.8, 4) is 0 Å². The quantitative estimate of drug-likeness (QED) is 0.284. The summed E-state index contributed by atoms with van der Waals surface area (Å²) < 4.78 is 0. The van der Waals surface area contributed by atoms with Gasteiger partial charge in [0.15, 0.2) is 0 Å². The van der Waals surface area contributed by atoms with E-state index in [1.54, 1.807) is 19.3 Å². The van der Waals surface area contributed by atoms with Crippen LogP contribution < -0.4 is 0 Å². The van der Waals surface area contributed by atoms with E-state index in [1.165, 1.54) is 214 Å². The minimum absolute atomic E-state index is 1.25. The SMILES string of the molecule is C1C2C3CC4C5CC3C1C5C24.C1CCCC1.C1CCCCC1.C1CCCCCC1.C1CCCCCCC1. The van der Waals surface area contributed by atoms with Crippen molar-refractivity contribution in [1.82, 2.24) is 0 Å². The molecule has 0 saturated heterocycles. The molecule has 0 aliphatic heterocycles. The first-order chi connectivity index (χ1) is 18.4. The number of fused-ring (bicyclic) bond motifs is 2. The minimum Gasteiger partial charge on any atom is -0.0533 e. The van der Waals surface area contributed by atoms with Crippen molar-refractivity contribution < 1.29 is 0 Å². The Hall–Kier alpha value is 0. The molecule has 2 bridgehead atoms. The standard InChI is InChI=1S/C11H14.C8H16.C7H14.C6H12.C5H10/c1-4-5-2-9-8(1)10-6(4)3-7(5)11(9)10;1-2-4-6-8-7-5-3-1;1-2-4-6-7-5-3-1;1-2-4-6-5-3-1;1-2-4-5-3-1/h4-11H,1-3H2;1-8H2;1-7H2;1-6H2;1-5H2. The third-order valence-corrected chi connectivity index (χ3v) is 12.8. The summed E-state index contributed by atoms with van der Waals surface area (Å²) in [5.74, 6) is 10.1. The van der Waals surface area contributed by atoms with E-state index in [9.17, 15) is 0 Å². The predicted octanol–water partition coefficient (Wildman–Crippen LogP) is 12.3. The molecular weight excluding hydrogens is 444 g/mol. The van der Waals surface area contributed by atoms with Crippen molar-refractivity contribution in [1.29, 1.82) is 0 Å². The van der Waals surface area contributed by atoms with Crippen LogP contribution in [0.3, 0.4) is 0 Å². The van der Waals surface area contributed by atoms with Crippen LogP contribution in [0.5, 0.6) is 0 Å². The fourth-order valence-corrected chi connectivity index (χ4v) is 11.0. The highest BCUT2D eigenvalue weighted by Crippen LogP contribution is 2.82. The topological polar surface area (TPSA) is 0 Å². The lowest BCUT2D eigenvalue weighted by molar-refractivity contribution is 0.0250. The molecule has 0 heterocycles. The van der Waals surface area contributed by atoms with E-state index in [0.29, 0.717) is 0 Å². The van der Waals surface area contributed by atoms with E-state index in [4.69, 9.17) is 0 Å². The largest absolute Gasteiger partial charge is 0.0533 e. The average Bonchev–Trinajstić information content (AvgIpc) is 3.64. The highest BCUT2D eigenvalue weighted by Gasteiger charge is 2.77. The molecule has 0 spiro atoms. The van der Waals surface area contributed by atoms with Crippen LogP contribution >= 0.6 is 0 Å². The van der Waals surface area contributed by atoms with Crippen LogP contribution in [-0.2, 0) is 0 Å². The summed E-state index contributed by atoms with van der Waals surface area (Å²) in [5.41, 5.74) is 0. The van der Waals surface area contributed by atoms with Gasteiger partial charge in [0, 0.05) is 0 Å². The highest BCUT2D eigenvalue weighted by atomic mass is 14.8. The van der Waals surface area contributed by atoms with Gasteiger partial charge in [-0.3, -0.25) is 0 Å². The lowest BCUT2D eigenvalue weighted by atomic mass is 9.60. The average molecular weight is 511 g/mol. The smallest absolute Gasteiger partial charge is 0.0318 e. The molecule has 0 aromatic carbocycles. The zero-order chi connectivity index (χ0) is 25.1. The van der Waals surface area contributed by atoms with Gasteiger partial charge in [-0.2, -0.15) is 0 Å². The van der Waals surface area contributed by atoms with Crippen molar-refractivity contribution in [2.75, 3.05) is 0 Å². The van der Waals surface area contributed by atoms with Gasteiger partial charge in [0.2, 0.25) is 0 Å².